The SMILES string of the molecule is Fc1c[c-]cc(F)c1.O=C(O)c1[c-]cccc1.[Ir].c1ccncc1. The second-order valence-corrected chi connectivity index (χ2v) is 3.98. The van der Waals surface area contributed by atoms with Gasteiger partial charge in [-0.15, -0.1) is 48.5 Å². The van der Waals surface area contributed by atoms with Crippen molar-refractivity contribution in [2.75, 3.05) is 0 Å². The van der Waals surface area contributed by atoms with Gasteiger partial charge in [0.25, 0.3) is 0 Å². The van der Waals surface area contributed by atoms with E-state index in [1.54, 1.807) is 30.6 Å². The van der Waals surface area contributed by atoms with Crippen molar-refractivity contribution in [1.29, 1.82) is 0 Å². The number of hydrogen-bond acceptors (Lipinski definition) is 2. The molecule has 0 fully saturated rings. The van der Waals surface area contributed by atoms with Crippen molar-refractivity contribution >= 4 is 5.97 Å². The molecule has 0 aliphatic carbocycles. The minimum absolute atomic E-state index is 0. The molecule has 24 heavy (non-hydrogen) atoms. The molecule has 0 amide bonds. The van der Waals surface area contributed by atoms with Crippen molar-refractivity contribution in [3.8, 4) is 0 Å². The van der Waals surface area contributed by atoms with Crippen molar-refractivity contribution in [3.63, 3.8) is 0 Å². The van der Waals surface area contributed by atoms with E-state index in [-0.39, 0.29) is 25.7 Å². The number of hydrogen-bond donors (Lipinski definition) is 1. The molecule has 1 N–H and O–H groups in total. The zero-order valence-corrected chi connectivity index (χ0v) is 14.7. The molecule has 3 nitrogen and oxygen atoms in total. The van der Waals surface area contributed by atoms with Crippen LogP contribution in [0, 0.1) is 23.8 Å². The van der Waals surface area contributed by atoms with Crippen LogP contribution < -0.4 is 0 Å². The maximum Gasteiger partial charge on any atom is 0.247 e. The number of benzene rings is 2. The number of rotatable bonds is 1. The molecule has 3 rings (SSSR count). The summed E-state index contributed by atoms with van der Waals surface area (Å²) in [5, 5.41) is 8.35. The quantitative estimate of drug-likeness (QED) is 0.509. The molecular weight excluding hydrogens is 492 g/mol. The molecule has 2 aromatic carbocycles. The van der Waals surface area contributed by atoms with Crippen LogP contribution in [0.15, 0.2) is 73.1 Å². The number of carboxylic acids is 1. The summed E-state index contributed by atoms with van der Waals surface area (Å²) in [6, 6.07) is 20.0. The Morgan fingerprint density at radius 3 is 1.88 bits per heavy atom. The molecule has 0 aliphatic rings. The van der Waals surface area contributed by atoms with Crippen molar-refractivity contribution < 1.29 is 38.8 Å². The first-order valence-corrected chi connectivity index (χ1v) is 6.46. The van der Waals surface area contributed by atoms with E-state index in [4.69, 9.17) is 5.11 Å². The topological polar surface area (TPSA) is 50.2 Å². The minimum atomic E-state index is -0.935. The Morgan fingerprint density at radius 2 is 1.62 bits per heavy atom. The van der Waals surface area contributed by atoms with E-state index >= 15 is 0 Å². The van der Waals surface area contributed by atoms with E-state index in [0.29, 0.717) is 0 Å². The van der Waals surface area contributed by atoms with Gasteiger partial charge in [-0.1, -0.05) is 11.6 Å². The summed E-state index contributed by atoms with van der Waals surface area (Å²) in [4.78, 5) is 14.0. The third-order valence-electron chi connectivity index (χ3n) is 2.22. The molecule has 6 heteroatoms. The van der Waals surface area contributed by atoms with Gasteiger partial charge in [-0.3, -0.25) is 13.8 Å². The van der Waals surface area contributed by atoms with Crippen LogP contribution in [-0.2, 0) is 20.1 Å². The first-order chi connectivity index (χ1) is 11.1. The Morgan fingerprint density at radius 1 is 1.00 bits per heavy atom. The van der Waals surface area contributed by atoms with Gasteiger partial charge in [-0.05, 0) is 12.1 Å². The summed E-state index contributed by atoms with van der Waals surface area (Å²) in [7, 11) is 0. The van der Waals surface area contributed by atoms with Crippen molar-refractivity contribution in [3.05, 3.63) is 102 Å². The maximum absolute atomic E-state index is 11.9. The van der Waals surface area contributed by atoms with E-state index in [2.05, 4.69) is 17.1 Å². The van der Waals surface area contributed by atoms with Gasteiger partial charge in [-0.25, -0.2) is 0 Å². The molecule has 0 atom stereocenters. The van der Waals surface area contributed by atoms with Gasteiger partial charge in [0.15, 0.2) is 0 Å². The van der Waals surface area contributed by atoms with E-state index in [9.17, 15) is 13.6 Å². The number of carbonyl (C=O) groups is 1. The second-order valence-electron chi connectivity index (χ2n) is 3.98. The first kappa shape index (κ1) is 21.6. The Labute approximate surface area is 152 Å². The molecule has 0 saturated carbocycles. The summed E-state index contributed by atoms with van der Waals surface area (Å²) in [5.74, 6) is -2.12. The van der Waals surface area contributed by atoms with Gasteiger partial charge in [0.05, 0.1) is 0 Å². The predicted molar refractivity (Wildman–Crippen MR) is 81.7 cm³/mol. The maximum atomic E-state index is 11.9. The first-order valence-electron chi connectivity index (χ1n) is 6.46. The second kappa shape index (κ2) is 13.0. The molecular formula is C18H13F2IrNO2-2. The molecule has 3 aromatic rings. The zero-order valence-electron chi connectivity index (χ0n) is 12.3. The van der Waals surface area contributed by atoms with Crippen molar-refractivity contribution in [1.82, 2.24) is 4.98 Å². The Hall–Kier alpha value is -2.43. The van der Waals surface area contributed by atoms with Crippen LogP contribution in [-0.4, -0.2) is 16.1 Å². The summed E-state index contributed by atoms with van der Waals surface area (Å²) >= 11 is 0. The average molecular weight is 506 g/mol. The minimum Gasteiger partial charge on any atom is -0.521 e. The summed E-state index contributed by atoms with van der Waals surface area (Å²) in [6.07, 6.45) is 3.50. The van der Waals surface area contributed by atoms with Crippen LogP contribution in [0.25, 0.3) is 0 Å². The number of nitrogens with zero attached hydrogens (tertiary/aromatic N) is 1. The fourth-order valence-electron chi connectivity index (χ4n) is 1.25. The third-order valence-corrected chi connectivity index (χ3v) is 2.22. The van der Waals surface area contributed by atoms with Crippen LogP contribution in [0.3, 0.4) is 0 Å². The molecule has 0 saturated heterocycles. The predicted octanol–water partition coefficient (Wildman–Crippen LogP) is 4.03. The molecule has 1 radical (unpaired) electrons. The Bertz CT molecular complexity index is 654. The van der Waals surface area contributed by atoms with Crippen LogP contribution in [0.5, 0.6) is 0 Å². The summed E-state index contributed by atoms with van der Waals surface area (Å²) in [5.41, 5.74) is 0.206. The number of aromatic nitrogens is 1. The Kier molecular flexibility index (Phi) is 11.7. The molecule has 0 spiro atoms. The third kappa shape index (κ3) is 10.3. The largest absolute Gasteiger partial charge is 0.521 e. The standard InChI is InChI=1S/C7H5O2.C6H3F2.C5H5N.Ir/c8-7(9)6-4-2-1-3-5-6;7-5-2-1-3-6(8)4-5;1-2-4-6-5-3-1;/h1-4H,(H,8,9);2-4H;1-5H;/q2*-1;;. The van der Waals surface area contributed by atoms with Crippen molar-refractivity contribution in [2.45, 2.75) is 0 Å². The van der Waals surface area contributed by atoms with Crippen LogP contribution in [0.1, 0.15) is 10.4 Å². The van der Waals surface area contributed by atoms with Crippen LogP contribution in [0.4, 0.5) is 8.78 Å². The zero-order chi connectivity index (χ0) is 16.9. The smallest absolute Gasteiger partial charge is 0.247 e. The Balaban J connectivity index is 0.000000330. The van der Waals surface area contributed by atoms with Gasteiger partial charge in [0, 0.05) is 44.1 Å². The molecule has 1 heterocycles. The van der Waals surface area contributed by atoms with E-state index in [1.165, 1.54) is 6.07 Å². The molecule has 0 bridgehead atoms. The summed E-state index contributed by atoms with van der Waals surface area (Å²) < 4.78 is 23.8. The average Bonchev–Trinajstić information content (AvgIpc) is 2.58. The van der Waals surface area contributed by atoms with Gasteiger partial charge >= 0.3 is 0 Å². The molecule has 0 aliphatic heterocycles. The van der Waals surface area contributed by atoms with E-state index in [1.807, 2.05) is 18.2 Å². The van der Waals surface area contributed by atoms with Gasteiger partial charge in [0.2, 0.25) is 5.97 Å². The number of carboxylic acid groups (broad SMARTS) is 1. The normalized spacial score (nSPS) is 8.42. The number of aromatic carboxylic acids is 1. The molecule has 1 aromatic heterocycles. The molecule has 127 valence electrons. The van der Waals surface area contributed by atoms with Crippen LogP contribution in [0.2, 0.25) is 0 Å². The van der Waals surface area contributed by atoms with E-state index < -0.39 is 17.6 Å². The fourth-order valence-corrected chi connectivity index (χ4v) is 1.25. The fraction of sp³-hybridized carbons (Fsp3) is 0. The van der Waals surface area contributed by atoms with Gasteiger partial charge < -0.3 is 9.90 Å². The number of halogens is 2. The van der Waals surface area contributed by atoms with Crippen LogP contribution >= 0.6 is 0 Å². The van der Waals surface area contributed by atoms with E-state index in [0.717, 1.165) is 18.2 Å². The number of pyridine rings is 1. The van der Waals surface area contributed by atoms with Gasteiger partial charge in [-0.2, -0.15) is 6.07 Å². The van der Waals surface area contributed by atoms with Crippen molar-refractivity contribution in [2.24, 2.45) is 0 Å². The monoisotopic (exact) mass is 506 g/mol. The summed E-state index contributed by atoms with van der Waals surface area (Å²) in [6.45, 7) is 0. The molecule has 0 unspecified atom stereocenters. The van der Waals surface area contributed by atoms with Gasteiger partial charge in [0.1, 0.15) is 0 Å².